The molecule has 3 aliphatic heterocycles. The van der Waals surface area contributed by atoms with Crippen molar-refractivity contribution in [3.05, 3.63) is 59.2 Å². The molecule has 6 heteroatoms. The van der Waals surface area contributed by atoms with Gasteiger partial charge in [0.25, 0.3) is 0 Å². The highest BCUT2D eigenvalue weighted by atomic mass is 19.2. The SMILES string of the molecule is CC1(C)CCc2cc(-c3cccc(F)c3F)ccc2C1NC(=O)O[C@H]1CN2CCC1CC2. The molecule has 6 rings (SSSR count). The molecule has 0 spiro atoms. The molecule has 0 saturated carbocycles. The fraction of sp³-hybridized carbons (Fsp3) is 0.500. The van der Waals surface area contributed by atoms with Crippen LogP contribution in [-0.2, 0) is 11.2 Å². The molecule has 4 nitrogen and oxygen atoms in total. The zero-order chi connectivity index (χ0) is 22.5. The molecule has 32 heavy (non-hydrogen) atoms. The van der Waals surface area contributed by atoms with Gasteiger partial charge in [0, 0.05) is 12.1 Å². The van der Waals surface area contributed by atoms with Crippen molar-refractivity contribution in [2.24, 2.45) is 11.3 Å². The lowest BCUT2D eigenvalue weighted by Crippen LogP contribution is -2.53. The molecule has 1 unspecified atom stereocenters. The number of nitrogens with zero attached hydrogens (tertiary/aromatic N) is 1. The lowest BCUT2D eigenvalue weighted by atomic mass is 9.70. The smallest absolute Gasteiger partial charge is 0.407 e. The van der Waals surface area contributed by atoms with Crippen LogP contribution in [-0.4, -0.2) is 36.7 Å². The summed E-state index contributed by atoms with van der Waals surface area (Å²) in [6.07, 6.45) is 3.47. The zero-order valence-electron chi connectivity index (χ0n) is 18.7. The Balaban J connectivity index is 1.37. The van der Waals surface area contributed by atoms with Crippen molar-refractivity contribution in [2.75, 3.05) is 19.6 Å². The summed E-state index contributed by atoms with van der Waals surface area (Å²) in [4.78, 5) is 15.2. The van der Waals surface area contributed by atoms with Gasteiger partial charge >= 0.3 is 6.09 Å². The largest absolute Gasteiger partial charge is 0.445 e. The van der Waals surface area contributed by atoms with E-state index in [4.69, 9.17) is 4.74 Å². The molecule has 1 aliphatic carbocycles. The summed E-state index contributed by atoms with van der Waals surface area (Å²) in [5.41, 5.74) is 2.83. The Hall–Kier alpha value is -2.47. The second-order valence-corrected chi connectivity index (χ2v) is 10.2. The van der Waals surface area contributed by atoms with Gasteiger partial charge in [0.05, 0.1) is 6.04 Å². The predicted octanol–water partition coefficient (Wildman–Crippen LogP) is 5.47. The summed E-state index contributed by atoms with van der Waals surface area (Å²) in [6, 6.07) is 9.71. The van der Waals surface area contributed by atoms with E-state index in [9.17, 15) is 13.6 Å². The number of hydrogen-bond donors (Lipinski definition) is 1. The summed E-state index contributed by atoms with van der Waals surface area (Å²) in [7, 11) is 0. The minimum atomic E-state index is -0.851. The highest BCUT2D eigenvalue weighted by Crippen LogP contribution is 2.44. The third-order valence-corrected chi connectivity index (χ3v) is 7.65. The molecule has 1 N–H and O–H groups in total. The van der Waals surface area contributed by atoms with E-state index in [1.165, 1.54) is 6.07 Å². The van der Waals surface area contributed by atoms with Crippen LogP contribution in [0.4, 0.5) is 13.6 Å². The standard InChI is InChI=1S/C26H30F2N2O2/c1-26(2)11-8-18-14-17(19-4-3-5-21(27)23(19)28)6-7-20(18)24(26)29-25(31)32-22-15-30-12-9-16(22)10-13-30/h3-7,14,16,22,24H,8-13,15H2,1-2H3,(H,29,31)/t22-,24?/m0/s1. The fourth-order valence-electron chi connectivity index (χ4n) is 5.63. The second-order valence-electron chi connectivity index (χ2n) is 10.2. The van der Waals surface area contributed by atoms with E-state index >= 15 is 0 Å². The Bertz CT molecular complexity index is 1030. The van der Waals surface area contributed by atoms with Gasteiger partial charge in [-0.2, -0.15) is 0 Å². The summed E-state index contributed by atoms with van der Waals surface area (Å²) in [6.45, 7) is 7.32. The molecule has 0 aromatic heterocycles. The highest BCUT2D eigenvalue weighted by molar-refractivity contribution is 5.70. The number of amides is 1. The first-order valence-electron chi connectivity index (χ1n) is 11.6. The van der Waals surface area contributed by atoms with E-state index in [0.29, 0.717) is 11.5 Å². The van der Waals surface area contributed by atoms with Gasteiger partial charge in [-0.15, -0.1) is 0 Å². The number of benzene rings is 2. The van der Waals surface area contributed by atoms with Crippen LogP contribution in [0.3, 0.4) is 0 Å². The lowest BCUT2D eigenvalue weighted by Gasteiger charge is -2.44. The van der Waals surface area contributed by atoms with Gasteiger partial charge < -0.3 is 10.1 Å². The number of rotatable bonds is 3. The molecular formula is C26H30F2N2O2. The molecular weight excluding hydrogens is 410 g/mol. The third-order valence-electron chi connectivity index (χ3n) is 7.65. The Kier molecular flexibility index (Phi) is 5.44. The molecule has 1 amide bonds. The number of hydrogen-bond acceptors (Lipinski definition) is 3. The molecule has 4 aliphatic rings. The maximum atomic E-state index is 14.3. The van der Waals surface area contributed by atoms with Gasteiger partial charge in [-0.05, 0) is 72.9 Å². The van der Waals surface area contributed by atoms with Gasteiger partial charge in [0.2, 0.25) is 0 Å². The van der Waals surface area contributed by atoms with E-state index in [2.05, 4.69) is 24.1 Å². The van der Waals surface area contributed by atoms with Crippen molar-refractivity contribution in [1.82, 2.24) is 10.2 Å². The number of alkyl carbamates (subject to hydrolysis) is 1. The van der Waals surface area contributed by atoms with Crippen LogP contribution >= 0.6 is 0 Å². The number of carbonyl (C=O) groups is 1. The topological polar surface area (TPSA) is 41.6 Å². The number of halogens is 2. The monoisotopic (exact) mass is 440 g/mol. The first-order valence-corrected chi connectivity index (χ1v) is 11.6. The van der Waals surface area contributed by atoms with Gasteiger partial charge in [-0.1, -0.05) is 44.2 Å². The molecule has 3 saturated heterocycles. The van der Waals surface area contributed by atoms with Crippen LogP contribution in [0, 0.1) is 23.0 Å². The molecule has 0 radical (unpaired) electrons. The number of carbonyl (C=O) groups excluding carboxylic acids is 1. The van der Waals surface area contributed by atoms with Gasteiger partial charge in [0.15, 0.2) is 11.6 Å². The number of fused-ring (bicyclic) bond motifs is 4. The second kappa shape index (κ2) is 8.14. The summed E-state index contributed by atoms with van der Waals surface area (Å²) < 4.78 is 33.9. The van der Waals surface area contributed by atoms with Gasteiger partial charge in [-0.3, -0.25) is 4.90 Å². The van der Waals surface area contributed by atoms with Gasteiger partial charge in [0.1, 0.15) is 6.10 Å². The van der Waals surface area contributed by atoms with Crippen molar-refractivity contribution in [1.29, 1.82) is 0 Å². The molecule has 2 aromatic rings. The molecule has 2 aromatic carbocycles. The van der Waals surface area contributed by atoms with Crippen molar-refractivity contribution in [2.45, 2.75) is 51.7 Å². The molecule has 3 fully saturated rings. The molecule has 170 valence electrons. The number of piperidine rings is 3. The van der Waals surface area contributed by atoms with E-state index in [1.807, 2.05) is 18.2 Å². The van der Waals surface area contributed by atoms with Crippen LogP contribution in [0.5, 0.6) is 0 Å². The Morgan fingerprint density at radius 1 is 1.16 bits per heavy atom. The fourth-order valence-corrected chi connectivity index (χ4v) is 5.63. The quantitative estimate of drug-likeness (QED) is 0.689. The van der Waals surface area contributed by atoms with E-state index < -0.39 is 11.6 Å². The normalized spacial score (nSPS) is 28.1. The van der Waals surface area contributed by atoms with Gasteiger partial charge in [-0.25, -0.2) is 13.6 Å². The van der Waals surface area contributed by atoms with Crippen LogP contribution < -0.4 is 5.32 Å². The first kappa shape index (κ1) is 21.4. The average molecular weight is 441 g/mol. The van der Waals surface area contributed by atoms with E-state index in [-0.39, 0.29) is 29.2 Å². The van der Waals surface area contributed by atoms with Crippen molar-refractivity contribution >= 4 is 6.09 Å². The minimum Gasteiger partial charge on any atom is -0.445 e. The van der Waals surface area contributed by atoms with Crippen LogP contribution in [0.2, 0.25) is 0 Å². The maximum absolute atomic E-state index is 14.3. The van der Waals surface area contributed by atoms with Crippen molar-refractivity contribution < 1.29 is 18.3 Å². The molecule has 3 heterocycles. The lowest BCUT2D eigenvalue weighted by molar-refractivity contribution is -0.0353. The summed E-state index contributed by atoms with van der Waals surface area (Å²) in [5, 5.41) is 3.14. The summed E-state index contributed by atoms with van der Waals surface area (Å²) in [5.74, 6) is -1.23. The average Bonchev–Trinajstić information content (AvgIpc) is 2.78. The van der Waals surface area contributed by atoms with Crippen LogP contribution in [0.25, 0.3) is 11.1 Å². The highest BCUT2D eigenvalue weighted by Gasteiger charge is 2.40. The van der Waals surface area contributed by atoms with Crippen LogP contribution in [0.15, 0.2) is 36.4 Å². The zero-order valence-corrected chi connectivity index (χ0v) is 18.7. The predicted molar refractivity (Wildman–Crippen MR) is 119 cm³/mol. The van der Waals surface area contributed by atoms with E-state index in [1.54, 1.807) is 6.07 Å². The van der Waals surface area contributed by atoms with Crippen molar-refractivity contribution in [3.63, 3.8) is 0 Å². The Morgan fingerprint density at radius 2 is 1.94 bits per heavy atom. The van der Waals surface area contributed by atoms with Crippen molar-refractivity contribution in [3.8, 4) is 11.1 Å². The maximum Gasteiger partial charge on any atom is 0.407 e. The molecule has 2 atom stereocenters. The Morgan fingerprint density at radius 3 is 2.66 bits per heavy atom. The third kappa shape index (κ3) is 3.90. The Labute approximate surface area is 187 Å². The first-order chi connectivity index (χ1) is 15.3. The van der Waals surface area contributed by atoms with Crippen LogP contribution in [0.1, 0.15) is 50.3 Å². The number of nitrogens with one attached hydrogen (secondary N) is 1. The minimum absolute atomic E-state index is 0.0398. The summed E-state index contributed by atoms with van der Waals surface area (Å²) >= 11 is 0. The number of ether oxygens (including phenoxy) is 1. The number of aryl methyl sites for hydroxylation is 1. The molecule has 2 bridgehead atoms. The van der Waals surface area contributed by atoms with E-state index in [0.717, 1.165) is 62.5 Å².